The van der Waals surface area contributed by atoms with Crippen molar-refractivity contribution >= 4 is 11.9 Å². The molecule has 154 valence electrons. The summed E-state index contributed by atoms with van der Waals surface area (Å²) in [5, 5.41) is 0. The fraction of sp³-hybridized carbons (Fsp3) is 0.619. The van der Waals surface area contributed by atoms with Crippen molar-refractivity contribution in [3.8, 4) is 0 Å². The number of hydrogen-bond donors (Lipinski definition) is 0. The number of rotatable bonds is 2. The second-order valence-corrected chi connectivity index (χ2v) is 8.83. The Kier molecular flexibility index (Phi) is 5.23. The average molecular weight is 397 g/mol. The molecule has 2 atom stereocenters. The molecular formula is C21H26F3NO3. The summed E-state index contributed by atoms with van der Waals surface area (Å²) in [6, 6.07) is 3.57. The molecule has 28 heavy (non-hydrogen) atoms. The number of ether oxygens (including phenoxy) is 1. The molecule has 1 aromatic rings. The Hall–Kier alpha value is -2.05. The molecule has 0 aliphatic carbocycles. The first-order chi connectivity index (χ1) is 12.9. The van der Waals surface area contributed by atoms with E-state index in [-0.39, 0.29) is 41.0 Å². The van der Waals surface area contributed by atoms with Gasteiger partial charge in [-0.3, -0.25) is 4.79 Å². The third kappa shape index (κ3) is 4.18. The van der Waals surface area contributed by atoms with Crippen LogP contribution in [0.2, 0.25) is 0 Å². The number of hydrogen-bond acceptors (Lipinski definition) is 3. The van der Waals surface area contributed by atoms with E-state index in [1.165, 1.54) is 19.1 Å². The van der Waals surface area contributed by atoms with Gasteiger partial charge in [0.05, 0.1) is 5.56 Å². The highest BCUT2D eigenvalue weighted by molar-refractivity contribution is 5.98. The zero-order valence-corrected chi connectivity index (χ0v) is 16.6. The summed E-state index contributed by atoms with van der Waals surface area (Å²) in [6.07, 6.45) is -2.36. The minimum atomic E-state index is -4.49. The molecule has 0 N–H and O–H groups in total. The number of Topliss-reactive ketones (excluding diaryl/α,β-unsaturated/α-hetero) is 1. The van der Waals surface area contributed by atoms with Crippen LogP contribution in [0.1, 0.15) is 67.9 Å². The Morgan fingerprint density at radius 2 is 1.64 bits per heavy atom. The fourth-order valence-corrected chi connectivity index (χ4v) is 4.32. The number of halogens is 3. The van der Waals surface area contributed by atoms with Crippen molar-refractivity contribution in [3.63, 3.8) is 0 Å². The number of nitrogens with zero attached hydrogens (tertiary/aromatic N) is 1. The van der Waals surface area contributed by atoms with Crippen LogP contribution in [0.25, 0.3) is 0 Å². The van der Waals surface area contributed by atoms with Crippen molar-refractivity contribution < 1.29 is 27.5 Å². The van der Waals surface area contributed by atoms with E-state index in [1.54, 1.807) is 25.7 Å². The molecule has 1 aromatic carbocycles. The van der Waals surface area contributed by atoms with Crippen LogP contribution in [-0.2, 0) is 10.9 Å². The molecule has 2 aliphatic heterocycles. The minimum Gasteiger partial charge on any atom is -0.444 e. The standard InChI is InChI=1S/C21H26F3NO3/c1-12-5-6-13(11-17(12)21(22,23)24)18(26)14-9-15-7-8-16(10-14)25(15)19(27)28-20(2,3)4/h5-6,11,14-16H,7-10H2,1-4H3. The lowest BCUT2D eigenvalue weighted by molar-refractivity contribution is -0.138. The molecule has 7 heteroatoms. The summed E-state index contributed by atoms with van der Waals surface area (Å²) in [5.41, 5.74) is -1.18. The van der Waals surface area contributed by atoms with Crippen molar-refractivity contribution in [1.82, 2.24) is 4.90 Å². The van der Waals surface area contributed by atoms with E-state index < -0.39 is 17.3 Å². The summed E-state index contributed by atoms with van der Waals surface area (Å²) in [4.78, 5) is 27.1. The Bertz CT molecular complexity index is 768. The molecule has 2 fully saturated rings. The molecule has 3 rings (SSSR count). The lowest BCUT2D eigenvalue weighted by atomic mass is 9.84. The lowest BCUT2D eigenvalue weighted by Crippen LogP contribution is -2.49. The Balaban J connectivity index is 1.76. The van der Waals surface area contributed by atoms with Crippen LogP contribution in [0.3, 0.4) is 0 Å². The second kappa shape index (κ2) is 7.08. The first kappa shape index (κ1) is 20.7. The average Bonchev–Trinajstić information content (AvgIpc) is 2.82. The predicted octanol–water partition coefficient (Wildman–Crippen LogP) is 5.37. The lowest BCUT2D eigenvalue weighted by Gasteiger charge is -2.39. The molecule has 2 aliphatic rings. The van der Waals surface area contributed by atoms with Gasteiger partial charge >= 0.3 is 12.3 Å². The Morgan fingerprint density at radius 3 is 2.14 bits per heavy atom. The predicted molar refractivity (Wildman–Crippen MR) is 98.1 cm³/mol. The highest BCUT2D eigenvalue weighted by Gasteiger charge is 2.46. The van der Waals surface area contributed by atoms with Crippen LogP contribution in [0, 0.1) is 12.8 Å². The van der Waals surface area contributed by atoms with Gasteiger partial charge in [0.25, 0.3) is 0 Å². The van der Waals surface area contributed by atoms with Gasteiger partial charge in [0.15, 0.2) is 5.78 Å². The van der Waals surface area contributed by atoms with Gasteiger partial charge in [-0.25, -0.2) is 4.79 Å². The molecular weight excluding hydrogens is 371 g/mol. The van der Waals surface area contributed by atoms with E-state index in [2.05, 4.69) is 0 Å². The highest BCUT2D eigenvalue weighted by Crippen LogP contribution is 2.41. The summed E-state index contributed by atoms with van der Waals surface area (Å²) in [7, 11) is 0. The third-order valence-corrected chi connectivity index (χ3v) is 5.54. The van der Waals surface area contributed by atoms with Crippen LogP contribution >= 0.6 is 0 Å². The monoisotopic (exact) mass is 397 g/mol. The molecule has 2 bridgehead atoms. The van der Waals surface area contributed by atoms with E-state index in [0.717, 1.165) is 18.9 Å². The van der Waals surface area contributed by atoms with Crippen molar-refractivity contribution in [2.24, 2.45) is 5.92 Å². The van der Waals surface area contributed by atoms with Gasteiger partial charge < -0.3 is 9.64 Å². The fourth-order valence-electron chi connectivity index (χ4n) is 4.32. The molecule has 0 saturated carbocycles. The largest absolute Gasteiger partial charge is 0.444 e. The van der Waals surface area contributed by atoms with Crippen LogP contribution in [-0.4, -0.2) is 34.5 Å². The quantitative estimate of drug-likeness (QED) is 0.630. The van der Waals surface area contributed by atoms with E-state index >= 15 is 0 Å². The van der Waals surface area contributed by atoms with Crippen LogP contribution in [0.15, 0.2) is 18.2 Å². The normalized spacial score (nSPS) is 25.0. The summed E-state index contributed by atoms with van der Waals surface area (Å²) in [5.74, 6) is -0.647. The molecule has 2 unspecified atom stereocenters. The minimum absolute atomic E-state index is 0.0908. The Morgan fingerprint density at radius 1 is 1.07 bits per heavy atom. The SMILES string of the molecule is Cc1ccc(C(=O)C2CC3CCC(C2)N3C(=O)OC(C)(C)C)cc1C(F)(F)F. The van der Waals surface area contributed by atoms with Crippen molar-refractivity contribution in [2.45, 2.75) is 77.2 Å². The van der Waals surface area contributed by atoms with Crippen molar-refractivity contribution in [2.75, 3.05) is 0 Å². The number of aryl methyl sites for hydroxylation is 1. The van der Waals surface area contributed by atoms with Gasteiger partial charge in [0.2, 0.25) is 0 Å². The number of alkyl halides is 3. The summed E-state index contributed by atoms with van der Waals surface area (Å²) in [6.45, 7) is 6.80. The number of piperidine rings is 1. The molecule has 0 radical (unpaired) electrons. The van der Waals surface area contributed by atoms with Gasteiger partial charge in [0.1, 0.15) is 5.60 Å². The van der Waals surface area contributed by atoms with E-state index in [4.69, 9.17) is 4.74 Å². The van der Waals surface area contributed by atoms with Crippen LogP contribution in [0.4, 0.5) is 18.0 Å². The van der Waals surface area contributed by atoms with Crippen molar-refractivity contribution in [3.05, 3.63) is 34.9 Å². The van der Waals surface area contributed by atoms with E-state index in [1.807, 2.05) is 0 Å². The number of fused-ring (bicyclic) bond motifs is 2. The van der Waals surface area contributed by atoms with Gasteiger partial charge in [-0.05, 0) is 65.0 Å². The summed E-state index contributed by atoms with van der Waals surface area (Å²) < 4.78 is 45.0. The molecule has 2 saturated heterocycles. The molecule has 0 spiro atoms. The van der Waals surface area contributed by atoms with Gasteiger partial charge in [-0.2, -0.15) is 13.2 Å². The number of carbonyl (C=O) groups is 2. The maximum Gasteiger partial charge on any atom is 0.416 e. The van der Waals surface area contributed by atoms with Crippen LogP contribution in [0.5, 0.6) is 0 Å². The van der Waals surface area contributed by atoms with Gasteiger partial charge in [-0.1, -0.05) is 12.1 Å². The molecule has 2 heterocycles. The Labute approximate surface area is 163 Å². The molecule has 4 nitrogen and oxygen atoms in total. The third-order valence-electron chi connectivity index (χ3n) is 5.54. The maximum atomic E-state index is 13.2. The zero-order valence-electron chi connectivity index (χ0n) is 16.6. The number of carbonyl (C=O) groups excluding carboxylic acids is 2. The topological polar surface area (TPSA) is 46.6 Å². The first-order valence-electron chi connectivity index (χ1n) is 9.60. The number of benzene rings is 1. The second-order valence-electron chi connectivity index (χ2n) is 8.83. The number of amides is 1. The van der Waals surface area contributed by atoms with Gasteiger partial charge in [-0.15, -0.1) is 0 Å². The van der Waals surface area contributed by atoms with E-state index in [9.17, 15) is 22.8 Å². The van der Waals surface area contributed by atoms with Crippen LogP contribution < -0.4 is 0 Å². The van der Waals surface area contributed by atoms with E-state index in [0.29, 0.717) is 12.8 Å². The smallest absolute Gasteiger partial charge is 0.416 e. The molecule has 0 aromatic heterocycles. The zero-order chi connectivity index (χ0) is 20.9. The maximum absolute atomic E-state index is 13.2. The highest BCUT2D eigenvalue weighted by atomic mass is 19.4. The first-order valence-corrected chi connectivity index (χ1v) is 9.60. The van der Waals surface area contributed by atoms with Gasteiger partial charge in [0, 0.05) is 23.6 Å². The molecule has 1 amide bonds. The van der Waals surface area contributed by atoms with Crippen molar-refractivity contribution in [1.29, 1.82) is 0 Å². The summed E-state index contributed by atoms with van der Waals surface area (Å²) >= 11 is 0. The number of ketones is 1.